The number of hydrogen-bond acceptors (Lipinski definition) is 9. The zero-order valence-corrected chi connectivity index (χ0v) is 19.6. The van der Waals surface area contributed by atoms with Gasteiger partial charge >= 0.3 is 11.9 Å². The zero-order valence-electron chi connectivity index (χ0n) is 18.1. The SMILES string of the molecule is C=N[C@@H]1C[C@@H](C(=O)O)N(CC2=C(C(=O)OC)[C@H](c3ccc(F)cc3Cl)N=C(c3nccs3)N2)C1. The number of aromatic nitrogens is 1. The molecule has 0 amide bonds. The maximum absolute atomic E-state index is 13.8. The number of benzene rings is 1. The molecule has 3 heterocycles. The van der Waals surface area contributed by atoms with E-state index in [9.17, 15) is 19.1 Å². The van der Waals surface area contributed by atoms with Gasteiger partial charge in [-0.05, 0) is 25.3 Å². The molecule has 34 heavy (non-hydrogen) atoms. The molecule has 1 aromatic carbocycles. The molecule has 0 saturated carbocycles. The number of ether oxygens (including phenoxy) is 1. The van der Waals surface area contributed by atoms with Crippen LogP contribution >= 0.6 is 22.9 Å². The van der Waals surface area contributed by atoms with E-state index in [-0.39, 0.29) is 23.2 Å². The zero-order chi connectivity index (χ0) is 24.4. The fourth-order valence-electron chi connectivity index (χ4n) is 4.11. The summed E-state index contributed by atoms with van der Waals surface area (Å²) in [7, 11) is 1.24. The summed E-state index contributed by atoms with van der Waals surface area (Å²) in [5, 5.41) is 15.3. The van der Waals surface area contributed by atoms with E-state index in [4.69, 9.17) is 16.3 Å². The Bertz CT molecular complexity index is 1190. The standard InChI is InChI=1S/C22H21ClFN5O4S/c1-25-12-8-16(21(30)31)29(9-12)10-15-17(22(32)33-2)18(13-4-3-11(24)7-14(13)23)28-19(27-15)20-26-5-6-34-20/h3-7,12,16,18H,1,8-10H2,2H3,(H,27,28)(H,30,31)/t12-,16+,18+/m1/s1. The number of carbonyl (C=O) groups excluding carboxylic acids is 1. The van der Waals surface area contributed by atoms with Gasteiger partial charge in [0.15, 0.2) is 10.8 Å². The molecule has 0 bridgehead atoms. The van der Waals surface area contributed by atoms with Crippen molar-refractivity contribution < 1.29 is 23.8 Å². The molecule has 12 heteroatoms. The number of hydrogen-bond donors (Lipinski definition) is 2. The second-order valence-corrected chi connectivity index (χ2v) is 9.05. The van der Waals surface area contributed by atoms with Crippen LogP contribution in [0.25, 0.3) is 0 Å². The molecule has 2 aromatic rings. The minimum absolute atomic E-state index is 0.0765. The Labute approximate surface area is 203 Å². The molecule has 0 spiro atoms. The summed E-state index contributed by atoms with van der Waals surface area (Å²) in [6.45, 7) is 3.98. The summed E-state index contributed by atoms with van der Waals surface area (Å²) >= 11 is 7.68. The van der Waals surface area contributed by atoms with Crippen molar-refractivity contribution in [3.8, 4) is 0 Å². The molecule has 2 N–H and O–H groups in total. The summed E-state index contributed by atoms with van der Waals surface area (Å²) in [6.07, 6.45) is 1.92. The Morgan fingerprint density at radius 2 is 2.26 bits per heavy atom. The van der Waals surface area contributed by atoms with Gasteiger partial charge in [0.25, 0.3) is 0 Å². The van der Waals surface area contributed by atoms with Crippen LogP contribution in [0.3, 0.4) is 0 Å². The molecule has 0 unspecified atom stereocenters. The van der Waals surface area contributed by atoms with E-state index in [1.54, 1.807) is 16.5 Å². The number of esters is 1. The summed E-state index contributed by atoms with van der Waals surface area (Å²) < 4.78 is 18.8. The lowest BCUT2D eigenvalue weighted by atomic mass is 9.95. The molecule has 2 aliphatic rings. The summed E-state index contributed by atoms with van der Waals surface area (Å²) in [6, 6.07) is 1.87. The van der Waals surface area contributed by atoms with Gasteiger partial charge in [-0.3, -0.25) is 19.7 Å². The third kappa shape index (κ3) is 4.72. The fourth-order valence-corrected chi connectivity index (χ4v) is 4.97. The lowest BCUT2D eigenvalue weighted by Crippen LogP contribution is -2.43. The first-order chi connectivity index (χ1) is 16.3. The predicted molar refractivity (Wildman–Crippen MR) is 126 cm³/mol. The Kier molecular flexibility index (Phi) is 7.05. The number of carboxylic acid groups (broad SMARTS) is 1. The van der Waals surface area contributed by atoms with Crippen molar-refractivity contribution in [2.75, 3.05) is 20.2 Å². The molecule has 1 aromatic heterocycles. The van der Waals surface area contributed by atoms with E-state index in [0.717, 1.165) is 6.07 Å². The van der Waals surface area contributed by atoms with Gasteiger partial charge in [-0.2, -0.15) is 0 Å². The van der Waals surface area contributed by atoms with E-state index in [1.165, 1.54) is 30.6 Å². The highest BCUT2D eigenvalue weighted by molar-refractivity contribution is 7.11. The van der Waals surface area contributed by atoms with Crippen molar-refractivity contribution in [2.24, 2.45) is 9.98 Å². The van der Waals surface area contributed by atoms with E-state index >= 15 is 0 Å². The molecule has 0 radical (unpaired) electrons. The number of likely N-dealkylation sites (tertiary alicyclic amines) is 1. The lowest BCUT2D eigenvalue weighted by Gasteiger charge is -2.30. The maximum Gasteiger partial charge on any atom is 0.338 e. The van der Waals surface area contributed by atoms with Crippen LogP contribution < -0.4 is 5.32 Å². The van der Waals surface area contributed by atoms with E-state index in [0.29, 0.717) is 35.1 Å². The molecular formula is C22H21ClFN5O4S. The molecule has 1 fully saturated rings. The van der Waals surface area contributed by atoms with Crippen molar-refractivity contribution in [3.05, 3.63) is 62.5 Å². The molecule has 1 saturated heterocycles. The summed E-state index contributed by atoms with van der Waals surface area (Å²) in [4.78, 5) is 39.5. The number of carboxylic acids is 1. The second kappa shape index (κ2) is 10.00. The number of aliphatic imine (C=N–C) groups is 2. The van der Waals surface area contributed by atoms with Gasteiger partial charge in [0.2, 0.25) is 0 Å². The number of nitrogens with one attached hydrogen (secondary N) is 1. The van der Waals surface area contributed by atoms with Gasteiger partial charge in [0, 0.05) is 40.9 Å². The quantitative estimate of drug-likeness (QED) is 0.439. The number of methoxy groups -OCH3 is 1. The van der Waals surface area contributed by atoms with Gasteiger partial charge in [-0.15, -0.1) is 11.3 Å². The number of halogens is 2. The first-order valence-electron chi connectivity index (χ1n) is 10.3. The van der Waals surface area contributed by atoms with Crippen molar-refractivity contribution in [1.82, 2.24) is 15.2 Å². The maximum atomic E-state index is 13.8. The molecule has 2 aliphatic heterocycles. The minimum Gasteiger partial charge on any atom is -0.480 e. The number of thiazole rings is 1. The first-order valence-corrected chi connectivity index (χ1v) is 11.5. The van der Waals surface area contributed by atoms with Crippen molar-refractivity contribution in [3.63, 3.8) is 0 Å². The van der Waals surface area contributed by atoms with E-state index in [1.807, 2.05) is 0 Å². The lowest BCUT2D eigenvalue weighted by molar-refractivity contribution is -0.142. The van der Waals surface area contributed by atoms with Gasteiger partial charge in [0.1, 0.15) is 17.9 Å². The first kappa shape index (κ1) is 24.0. The van der Waals surface area contributed by atoms with Crippen molar-refractivity contribution >= 4 is 47.4 Å². The van der Waals surface area contributed by atoms with E-state index in [2.05, 4.69) is 27.0 Å². The van der Waals surface area contributed by atoms with Crippen LogP contribution in [0.15, 0.2) is 51.0 Å². The number of rotatable bonds is 7. The van der Waals surface area contributed by atoms with Crippen molar-refractivity contribution in [2.45, 2.75) is 24.5 Å². The Balaban J connectivity index is 1.83. The number of aliphatic carboxylic acids is 1. The van der Waals surface area contributed by atoms with Crippen LogP contribution in [-0.2, 0) is 14.3 Å². The van der Waals surface area contributed by atoms with Crippen LogP contribution in [0.1, 0.15) is 23.0 Å². The summed E-state index contributed by atoms with van der Waals surface area (Å²) in [5.41, 5.74) is 0.947. The minimum atomic E-state index is -0.992. The number of nitrogens with zero attached hydrogens (tertiary/aromatic N) is 4. The van der Waals surface area contributed by atoms with Gasteiger partial charge in [-0.1, -0.05) is 17.7 Å². The Morgan fingerprint density at radius 3 is 2.88 bits per heavy atom. The second-order valence-electron chi connectivity index (χ2n) is 7.75. The van der Waals surface area contributed by atoms with Crippen LogP contribution in [0.5, 0.6) is 0 Å². The largest absolute Gasteiger partial charge is 0.480 e. The average molecular weight is 506 g/mol. The van der Waals surface area contributed by atoms with Gasteiger partial charge in [-0.25, -0.2) is 14.2 Å². The van der Waals surface area contributed by atoms with Gasteiger partial charge < -0.3 is 15.2 Å². The monoisotopic (exact) mass is 505 g/mol. The summed E-state index contributed by atoms with van der Waals surface area (Å²) in [5.74, 6) is -1.80. The number of amidine groups is 1. The molecular weight excluding hydrogens is 485 g/mol. The topological polar surface area (TPSA) is 116 Å². The average Bonchev–Trinajstić information content (AvgIpc) is 3.48. The van der Waals surface area contributed by atoms with Crippen LogP contribution in [0, 0.1) is 5.82 Å². The highest BCUT2D eigenvalue weighted by Crippen LogP contribution is 2.37. The highest BCUT2D eigenvalue weighted by atomic mass is 35.5. The molecule has 3 atom stereocenters. The van der Waals surface area contributed by atoms with Crippen LogP contribution in [0.4, 0.5) is 4.39 Å². The number of carbonyl (C=O) groups is 2. The normalized spacial score (nSPS) is 22.8. The third-order valence-electron chi connectivity index (χ3n) is 5.71. The predicted octanol–water partition coefficient (Wildman–Crippen LogP) is 2.68. The molecule has 178 valence electrons. The Morgan fingerprint density at radius 1 is 1.47 bits per heavy atom. The van der Waals surface area contributed by atoms with Crippen molar-refractivity contribution in [1.29, 1.82) is 0 Å². The third-order valence-corrected chi connectivity index (χ3v) is 6.82. The molecule has 9 nitrogen and oxygen atoms in total. The van der Waals surface area contributed by atoms with E-state index < -0.39 is 29.8 Å². The van der Waals surface area contributed by atoms with Crippen LogP contribution in [-0.4, -0.2) is 71.8 Å². The highest BCUT2D eigenvalue weighted by Gasteiger charge is 2.40. The van der Waals surface area contributed by atoms with Gasteiger partial charge in [0.05, 0.1) is 18.7 Å². The fraction of sp³-hybridized carbons (Fsp3) is 0.318. The smallest absolute Gasteiger partial charge is 0.338 e. The molecule has 4 rings (SSSR count). The molecule has 0 aliphatic carbocycles. The van der Waals surface area contributed by atoms with Crippen LogP contribution in [0.2, 0.25) is 5.02 Å². The Hall–Kier alpha value is -3.15.